The summed E-state index contributed by atoms with van der Waals surface area (Å²) < 4.78 is 0. The predicted molar refractivity (Wildman–Crippen MR) is 73.3 cm³/mol. The second-order valence-electron chi connectivity index (χ2n) is 5.64. The SMILES string of the molecule is CN(CCCC(=O)O)C(=O)N1CCN(C)C(=O)C1(C)C. The largest absolute Gasteiger partial charge is 0.481 e. The van der Waals surface area contributed by atoms with E-state index in [4.69, 9.17) is 5.11 Å². The van der Waals surface area contributed by atoms with Gasteiger partial charge in [-0.3, -0.25) is 9.59 Å². The lowest BCUT2D eigenvalue weighted by atomic mass is 9.98. The van der Waals surface area contributed by atoms with E-state index in [2.05, 4.69) is 0 Å². The maximum absolute atomic E-state index is 12.4. The summed E-state index contributed by atoms with van der Waals surface area (Å²) >= 11 is 0. The molecule has 0 bridgehead atoms. The minimum absolute atomic E-state index is 0.0304. The Balaban J connectivity index is 2.66. The summed E-state index contributed by atoms with van der Waals surface area (Å²) in [5.41, 5.74) is -0.870. The van der Waals surface area contributed by atoms with Gasteiger partial charge in [-0.2, -0.15) is 0 Å². The molecule has 1 fully saturated rings. The molecule has 0 aromatic carbocycles. The van der Waals surface area contributed by atoms with E-state index in [9.17, 15) is 14.4 Å². The zero-order valence-electron chi connectivity index (χ0n) is 12.5. The molecule has 1 aliphatic rings. The van der Waals surface area contributed by atoms with Gasteiger partial charge in [0, 0.05) is 40.2 Å². The number of rotatable bonds is 4. The van der Waals surface area contributed by atoms with Crippen LogP contribution in [-0.4, -0.2) is 77.0 Å². The first kappa shape index (κ1) is 16.3. The maximum atomic E-state index is 12.4. The standard InChI is InChI=1S/C13H23N3O4/c1-13(2)11(19)14(3)8-9-16(13)12(20)15(4)7-5-6-10(17)18/h5-9H2,1-4H3,(H,17,18). The number of nitrogens with zero attached hydrogens (tertiary/aromatic N) is 3. The predicted octanol–water partition coefficient (Wildman–Crippen LogP) is 0.456. The fourth-order valence-corrected chi connectivity index (χ4v) is 2.32. The number of carbonyl (C=O) groups is 3. The number of carbonyl (C=O) groups excluding carboxylic acids is 2. The quantitative estimate of drug-likeness (QED) is 0.813. The van der Waals surface area contributed by atoms with Crippen LogP contribution in [0, 0.1) is 0 Å². The molecule has 1 saturated heterocycles. The van der Waals surface area contributed by atoms with E-state index in [0.29, 0.717) is 26.1 Å². The molecule has 0 spiro atoms. The summed E-state index contributed by atoms with van der Waals surface area (Å²) in [6.07, 6.45) is 0.433. The van der Waals surface area contributed by atoms with Crippen LogP contribution in [0.1, 0.15) is 26.7 Å². The first-order valence-electron chi connectivity index (χ1n) is 6.68. The highest BCUT2D eigenvalue weighted by Crippen LogP contribution is 2.22. The van der Waals surface area contributed by atoms with Crippen LogP contribution in [-0.2, 0) is 9.59 Å². The minimum atomic E-state index is -0.874. The Morgan fingerprint density at radius 1 is 1.35 bits per heavy atom. The second kappa shape index (κ2) is 6.11. The van der Waals surface area contributed by atoms with E-state index in [1.165, 1.54) is 4.90 Å². The number of hydrogen-bond acceptors (Lipinski definition) is 3. The molecule has 0 aromatic rings. The van der Waals surface area contributed by atoms with Crippen molar-refractivity contribution >= 4 is 17.9 Å². The topological polar surface area (TPSA) is 81.2 Å². The smallest absolute Gasteiger partial charge is 0.320 e. The third kappa shape index (κ3) is 3.40. The van der Waals surface area contributed by atoms with Gasteiger partial charge in [0.15, 0.2) is 0 Å². The van der Waals surface area contributed by atoms with Crippen LogP contribution in [0.4, 0.5) is 4.79 Å². The number of aliphatic carboxylic acids is 1. The van der Waals surface area contributed by atoms with Crippen LogP contribution in [0.5, 0.6) is 0 Å². The average Bonchev–Trinajstić information content (AvgIpc) is 2.35. The third-order valence-electron chi connectivity index (χ3n) is 3.65. The van der Waals surface area contributed by atoms with Crippen LogP contribution in [0.15, 0.2) is 0 Å². The maximum Gasteiger partial charge on any atom is 0.320 e. The summed E-state index contributed by atoms with van der Waals surface area (Å²) in [4.78, 5) is 39.6. The first-order valence-corrected chi connectivity index (χ1v) is 6.68. The lowest BCUT2D eigenvalue weighted by Crippen LogP contribution is -2.65. The average molecular weight is 285 g/mol. The van der Waals surface area contributed by atoms with Gasteiger partial charge >= 0.3 is 12.0 Å². The molecular weight excluding hydrogens is 262 g/mol. The molecule has 0 saturated carbocycles. The molecule has 1 N–H and O–H groups in total. The molecule has 0 radical (unpaired) electrons. The van der Waals surface area contributed by atoms with Gasteiger partial charge in [-0.05, 0) is 20.3 Å². The van der Waals surface area contributed by atoms with Gasteiger partial charge in [0.25, 0.3) is 0 Å². The monoisotopic (exact) mass is 285 g/mol. The van der Waals surface area contributed by atoms with Crippen LogP contribution >= 0.6 is 0 Å². The number of piperazine rings is 1. The summed E-state index contributed by atoms with van der Waals surface area (Å²) in [6, 6.07) is -0.234. The minimum Gasteiger partial charge on any atom is -0.481 e. The van der Waals surface area contributed by atoms with E-state index >= 15 is 0 Å². The molecule has 7 heteroatoms. The first-order chi connectivity index (χ1) is 9.17. The van der Waals surface area contributed by atoms with E-state index in [1.807, 2.05) is 0 Å². The number of hydrogen-bond donors (Lipinski definition) is 1. The van der Waals surface area contributed by atoms with E-state index in [-0.39, 0.29) is 18.4 Å². The van der Waals surface area contributed by atoms with Crippen LogP contribution in [0.3, 0.4) is 0 Å². The lowest BCUT2D eigenvalue weighted by Gasteiger charge is -2.45. The Morgan fingerprint density at radius 2 is 1.95 bits per heavy atom. The zero-order chi connectivity index (χ0) is 15.5. The van der Waals surface area contributed by atoms with Crippen molar-refractivity contribution in [2.75, 3.05) is 33.7 Å². The number of urea groups is 1. The second-order valence-corrected chi connectivity index (χ2v) is 5.64. The van der Waals surface area contributed by atoms with Crippen molar-refractivity contribution in [3.8, 4) is 0 Å². The van der Waals surface area contributed by atoms with Crippen molar-refractivity contribution in [2.45, 2.75) is 32.2 Å². The fourth-order valence-electron chi connectivity index (χ4n) is 2.32. The van der Waals surface area contributed by atoms with Crippen molar-refractivity contribution in [1.29, 1.82) is 0 Å². The molecule has 0 aliphatic carbocycles. The molecule has 0 atom stereocenters. The van der Waals surface area contributed by atoms with Gasteiger partial charge < -0.3 is 19.8 Å². The van der Waals surface area contributed by atoms with Gasteiger partial charge in [0.05, 0.1) is 0 Å². The molecular formula is C13H23N3O4. The van der Waals surface area contributed by atoms with Gasteiger partial charge in [-0.25, -0.2) is 4.79 Å². The van der Waals surface area contributed by atoms with E-state index in [1.54, 1.807) is 37.7 Å². The number of carboxylic acids is 1. The van der Waals surface area contributed by atoms with Crippen molar-refractivity contribution in [3.05, 3.63) is 0 Å². The summed E-state index contributed by atoms with van der Waals surface area (Å²) in [6.45, 7) is 4.82. The Morgan fingerprint density at radius 3 is 2.50 bits per heavy atom. The third-order valence-corrected chi connectivity index (χ3v) is 3.65. The Bertz CT molecular complexity index is 408. The van der Waals surface area contributed by atoms with Crippen LogP contribution in [0.25, 0.3) is 0 Å². The Labute approximate surface area is 119 Å². The van der Waals surface area contributed by atoms with Crippen molar-refractivity contribution in [3.63, 3.8) is 0 Å². The Kier molecular flexibility index (Phi) is 4.97. The molecule has 20 heavy (non-hydrogen) atoms. The summed E-state index contributed by atoms with van der Waals surface area (Å²) in [7, 11) is 3.35. The number of amides is 3. The molecule has 7 nitrogen and oxygen atoms in total. The molecule has 1 rings (SSSR count). The zero-order valence-corrected chi connectivity index (χ0v) is 12.5. The van der Waals surface area contributed by atoms with Gasteiger partial charge in [0.1, 0.15) is 5.54 Å². The van der Waals surface area contributed by atoms with E-state index in [0.717, 1.165) is 0 Å². The van der Waals surface area contributed by atoms with Crippen molar-refractivity contribution in [2.24, 2.45) is 0 Å². The van der Waals surface area contributed by atoms with Gasteiger partial charge in [-0.1, -0.05) is 0 Å². The van der Waals surface area contributed by atoms with E-state index < -0.39 is 11.5 Å². The van der Waals surface area contributed by atoms with Crippen molar-refractivity contribution < 1.29 is 19.5 Å². The van der Waals surface area contributed by atoms with Crippen molar-refractivity contribution in [1.82, 2.24) is 14.7 Å². The normalized spacial score (nSPS) is 18.1. The summed E-state index contributed by atoms with van der Waals surface area (Å²) in [5.74, 6) is -0.961. The molecule has 1 aliphatic heterocycles. The van der Waals surface area contributed by atoms with Crippen LogP contribution < -0.4 is 0 Å². The molecule has 3 amide bonds. The van der Waals surface area contributed by atoms with Gasteiger partial charge in [-0.15, -0.1) is 0 Å². The Hall–Kier alpha value is -1.79. The van der Waals surface area contributed by atoms with Gasteiger partial charge in [0.2, 0.25) is 5.91 Å². The lowest BCUT2D eigenvalue weighted by molar-refractivity contribution is -0.144. The highest BCUT2D eigenvalue weighted by molar-refractivity contribution is 5.91. The molecule has 1 heterocycles. The fraction of sp³-hybridized carbons (Fsp3) is 0.769. The highest BCUT2D eigenvalue weighted by atomic mass is 16.4. The highest BCUT2D eigenvalue weighted by Gasteiger charge is 2.43. The molecule has 0 unspecified atom stereocenters. The molecule has 0 aromatic heterocycles. The molecule has 114 valence electrons. The number of likely N-dealkylation sites (N-methyl/N-ethyl adjacent to an activating group) is 1. The summed E-state index contributed by atoms with van der Waals surface area (Å²) in [5, 5.41) is 8.60. The number of carboxylic acid groups (broad SMARTS) is 1. The van der Waals surface area contributed by atoms with Crippen LogP contribution in [0.2, 0.25) is 0 Å².